The summed E-state index contributed by atoms with van der Waals surface area (Å²) < 4.78 is 22.5. The highest BCUT2D eigenvalue weighted by Crippen LogP contribution is 2.28. The van der Waals surface area contributed by atoms with E-state index in [1.54, 1.807) is 13.8 Å². The molecule has 2 rings (SSSR count). The fraction of sp³-hybridized carbons (Fsp3) is 0.556. The van der Waals surface area contributed by atoms with E-state index in [1.165, 1.54) is 4.90 Å². The Morgan fingerprint density at radius 3 is 2.53 bits per heavy atom. The highest BCUT2D eigenvalue weighted by molar-refractivity contribution is 7.89. The van der Waals surface area contributed by atoms with Gasteiger partial charge in [0.15, 0.2) is 0 Å². The number of carbonyl (C=O) groups is 1. The normalized spacial score (nSPS) is 21.2. The lowest BCUT2D eigenvalue weighted by Gasteiger charge is -2.16. The summed E-state index contributed by atoms with van der Waals surface area (Å²) >= 11 is 0. The summed E-state index contributed by atoms with van der Waals surface area (Å²) in [6, 6.07) is 0. The molecule has 1 aliphatic rings. The molecule has 0 radical (unpaired) electrons. The van der Waals surface area contributed by atoms with Crippen LogP contribution in [0.3, 0.4) is 0 Å². The second-order valence-corrected chi connectivity index (χ2v) is 6.05. The molecule has 8 heteroatoms. The molecule has 2 heterocycles. The first-order valence-corrected chi connectivity index (χ1v) is 6.75. The van der Waals surface area contributed by atoms with E-state index in [9.17, 15) is 13.2 Å². The van der Waals surface area contributed by atoms with E-state index in [2.05, 4.69) is 10.2 Å². The molecule has 17 heavy (non-hydrogen) atoms. The van der Waals surface area contributed by atoms with Gasteiger partial charge in [-0.15, -0.1) is 0 Å². The third-order valence-corrected chi connectivity index (χ3v) is 4.16. The third kappa shape index (κ3) is 2.05. The summed E-state index contributed by atoms with van der Waals surface area (Å²) in [5, 5.41) is 11.0. The van der Waals surface area contributed by atoms with Gasteiger partial charge in [0.1, 0.15) is 5.25 Å². The number of nitrogens with zero attached hydrogens (tertiary/aromatic N) is 2. The monoisotopic (exact) mass is 258 g/mol. The number of H-pyrrole nitrogens is 1. The number of hydrogen-bond donors (Lipinski definition) is 2. The number of rotatable bonds is 2. The number of amides is 1. The van der Waals surface area contributed by atoms with Crippen molar-refractivity contribution in [2.75, 3.05) is 11.4 Å². The molecule has 1 fully saturated rings. The molecule has 1 unspecified atom stereocenters. The van der Waals surface area contributed by atoms with Crippen LogP contribution in [0.15, 0.2) is 0 Å². The van der Waals surface area contributed by atoms with Gasteiger partial charge in [0.25, 0.3) is 0 Å². The molecule has 1 aromatic heterocycles. The number of primary sulfonamides is 1. The Balaban J connectivity index is 2.34. The van der Waals surface area contributed by atoms with E-state index in [1.807, 2.05) is 0 Å². The maximum Gasteiger partial charge on any atom is 0.228 e. The van der Waals surface area contributed by atoms with Crippen molar-refractivity contribution >= 4 is 21.6 Å². The average molecular weight is 258 g/mol. The predicted octanol–water partition coefficient (Wildman–Crippen LogP) is -0.580. The highest BCUT2D eigenvalue weighted by Gasteiger charge is 2.38. The molecular formula is C9H14N4O3S. The number of hydrogen-bond acceptors (Lipinski definition) is 4. The van der Waals surface area contributed by atoms with Crippen LogP contribution in [0.25, 0.3) is 0 Å². The lowest BCUT2D eigenvalue weighted by Crippen LogP contribution is -2.32. The van der Waals surface area contributed by atoms with E-state index < -0.39 is 15.3 Å². The summed E-state index contributed by atoms with van der Waals surface area (Å²) in [6.45, 7) is 3.64. The van der Waals surface area contributed by atoms with Crippen LogP contribution in [0, 0.1) is 13.8 Å². The van der Waals surface area contributed by atoms with E-state index in [4.69, 9.17) is 5.14 Å². The van der Waals surface area contributed by atoms with Gasteiger partial charge in [0.05, 0.1) is 17.1 Å². The molecule has 1 aliphatic heterocycles. The lowest BCUT2D eigenvalue weighted by molar-refractivity contribution is -0.117. The second-order valence-electron chi connectivity index (χ2n) is 4.20. The Bertz CT molecular complexity index is 543. The van der Waals surface area contributed by atoms with E-state index in [0.29, 0.717) is 11.4 Å². The van der Waals surface area contributed by atoms with Gasteiger partial charge in [-0.2, -0.15) is 5.10 Å². The first kappa shape index (κ1) is 12.1. The van der Waals surface area contributed by atoms with Crippen molar-refractivity contribution in [3.8, 4) is 0 Å². The van der Waals surface area contributed by atoms with Crippen LogP contribution in [0.4, 0.5) is 5.69 Å². The summed E-state index contributed by atoms with van der Waals surface area (Å²) in [4.78, 5) is 13.2. The quantitative estimate of drug-likeness (QED) is 0.739. The number of nitrogens with two attached hydrogens (primary N) is 1. The van der Waals surface area contributed by atoms with Crippen LogP contribution in [-0.4, -0.2) is 36.3 Å². The molecule has 1 aromatic rings. The van der Waals surface area contributed by atoms with Gasteiger partial charge in [-0.1, -0.05) is 0 Å². The summed E-state index contributed by atoms with van der Waals surface area (Å²) in [5.74, 6) is -0.239. The molecule has 0 aromatic carbocycles. The van der Waals surface area contributed by atoms with Crippen LogP contribution in [0.1, 0.15) is 17.8 Å². The molecule has 7 nitrogen and oxygen atoms in total. The van der Waals surface area contributed by atoms with Crippen LogP contribution in [0.5, 0.6) is 0 Å². The Labute approximate surface area is 99.0 Å². The Hall–Kier alpha value is -1.41. The van der Waals surface area contributed by atoms with Crippen molar-refractivity contribution in [3.05, 3.63) is 11.4 Å². The summed E-state index contributed by atoms with van der Waals surface area (Å²) in [7, 11) is -3.68. The van der Waals surface area contributed by atoms with Crippen LogP contribution in [0.2, 0.25) is 0 Å². The zero-order valence-electron chi connectivity index (χ0n) is 9.60. The molecule has 3 N–H and O–H groups in total. The Morgan fingerprint density at radius 1 is 1.47 bits per heavy atom. The highest BCUT2D eigenvalue weighted by atomic mass is 32.2. The number of aromatic nitrogens is 2. The molecule has 1 amide bonds. The molecule has 0 bridgehead atoms. The number of nitrogens with one attached hydrogen (secondary N) is 1. The van der Waals surface area contributed by atoms with Crippen LogP contribution < -0.4 is 10.0 Å². The minimum absolute atomic E-state index is 0.0666. The average Bonchev–Trinajstić information content (AvgIpc) is 2.70. The van der Waals surface area contributed by atoms with E-state index >= 15 is 0 Å². The molecule has 0 saturated carbocycles. The maximum atomic E-state index is 11.8. The molecule has 0 spiro atoms. The summed E-state index contributed by atoms with van der Waals surface area (Å²) in [6.07, 6.45) is -0.0666. The standard InChI is InChI=1S/C9H14N4O3S/c1-5-9(6(2)12-11-5)13-4-7(3-8(13)14)17(10,15)16/h7H,3-4H2,1-2H3,(H,11,12)(H2,10,15,16). The van der Waals surface area contributed by atoms with Gasteiger partial charge in [-0.25, -0.2) is 13.6 Å². The van der Waals surface area contributed by atoms with Crippen molar-refractivity contribution in [1.82, 2.24) is 10.2 Å². The van der Waals surface area contributed by atoms with Crippen molar-refractivity contribution < 1.29 is 13.2 Å². The fourth-order valence-electron chi connectivity index (χ4n) is 2.05. The van der Waals surface area contributed by atoms with Gasteiger partial charge in [-0.05, 0) is 13.8 Å². The number of aryl methyl sites for hydroxylation is 2. The second kappa shape index (κ2) is 3.81. The zero-order valence-corrected chi connectivity index (χ0v) is 10.4. The molecule has 94 valence electrons. The number of carbonyl (C=O) groups excluding carboxylic acids is 1. The van der Waals surface area contributed by atoms with E-state index in [0.717, 1.165) is 5.69 Å². The molecular weight excluding hydrogens is 244 g/mol. The predicted molar refractivity (Wildman–Crippen MR) is 61.9 cm³/mol. The SMILES string of the molecule is Cc1n[nH]c(C)c1N1CC(S(N)(=O)=O)CC1=O. The van der Waals surface area contributed by atoms with Gasteiger partial charge >= 0.3 is 0 Å². The van der Waals surface area contributed by atoms with Crippen LogP contribution >= 0.6 is 0 Å². The van der Waals surface area contributed by atoms with E-state index in [-0.39, 0.29) is 18.9 Å². The van der Waals surface area contributed by atoms with Gasteiger partial charge in [0, 0.05) is 13.0 Å². The lowest BCUT2D eigenvalue weighted by atomic mass is 10.3. The minimum atomic E-state index is -3.68. The maximum absolute atomic E-state index is 11.8. The number of anilines is 1. The first-order chi connectivity index (χ1) is 7.80. The van der Waals surface area contributed by atoms with Crippen molar-refractivity contribution in [2.45, 2.75) is 25.5 Å². The third-order valence-electron chi connectivity index (χ3n) is 2.91. The van der Waals surface area contributed by atoms with Crippen molar-refractivity contribution in [3.63, 3.8) is 0 Å². The zero-order chi connectivity index (χ0) is 12.8. The Morgan fingerprint density at radius 2 is 2.12 bits per heavy atom. The first-order valence-electron chi connectivity index (χ1n) is 5.14. The van der Waals surface area contributed by atoms with Crippen LogP contribution in [-0.2, 0) is 14.8 Å². The number of aromatic amines is 1. The fourth-order valence-corrected chi connectivity index (χ4v) is 2.79. The largest absolute Gasteiger partial charge is 0.308 e. The van der Waals surface area contributed by atoms with Gasteiger partial charge < -0.3 is 4.90 Å². The minimum Gasteiger partial charge on any atom is -0.308 e. The van der Waals surface area contributed by atoms with Crippen molar-refractivity contribution in [1.29, 1.82) is 0 Å². The summed E-state index contributed by atoms with van der Waals surface area (Å²) in [5.41, 5.74) is 2.07. The number of sulfonamides is 1. The smallest absolute Gasteiger partial charge is 0.228 e. The molecule has 1 saturated heterocycles. The molecule has 1 atom stereocenters. The van der Waals surface area contributed by atoms with Gasteiger partial charge in [-0.3, -0.25) is 9.89 Å². The van der Waals surface area contributed by atoms with Gasteiger partial charge in [0.2, 0.25) is 15.9 Å². The Kier molecular flexibility index (Phi) is 2.70. The topological polar surface area (TPSA) is 109 Å². The molecule has 0 aliphatic carbocycles. The van der Waals surface area contributed by atoms with Crippen molar-refractivity contribution in [2.24, 2.45) is 5.14 Å².